The quantitative estimate of drug-likeness (QED) is 0.677. The van der Waals surface area contributed by atoms with Crippen molar-refractivity contribution >= 4 is 0 Å². The summed E-state index contributed by atoms with van der Waals surface area (Å²) in [6.07, 6.45) is 3.16. The van der Waals surface area contributed by atoms with Gasteiger partial charge in [-0.3, -0.25) is 4.68 Å². The number of hydrogen-bond donors (Lipinski definition) is 0. The Hall–Kier alpha value is -1.30. The molecule has 1 aliphatic rings. The Bertz CT molecular complexity index is 405. The summed E-state index contributed by atoms with van der Waals surface area (Å²) in [4.78, 5) is 0. The predicted octanol–water partition coefficient (Wildman–Crippen LogP) is 1.98. The molecule has 1 aromatic rings. The van der Waals surface area contributed by atoms with Gasteiger partial charge in [0.25, 0.3) is 0 Å². The zero-order valence-electron chi connectivity index (χ0n) is 8.96. The molecule has 0 unspecified atom stereocenters. The van der Waals surface area contributed by atoms with Crippen LogP contribution in [0.25, 0.3) is 0 Å². The zero-order valence-corrected chi connectivity index (χ0v) is 8.96. The van der Waals surface area contributed by atoms with Crippen molar-refractivity contribution in [3.8, 4) is 6.07 Å². The minimum absolute atomic E-state index is 0.220. The van der Waals surface area contributed by atoms with E-state index in [0.717, 1.165) is 24.2 Å². The first-order valence-electron chi connectivity index (χ1n) is 5.03. The van der Waals surface area contributed by atoms with E-state index in [0.29, 0.717) is 0 Å². The van der Waals surface area contributed by atoms with Crippen molar-refractivity contribution in [1.82, 2.24) is 9.78 Å². The molecule has 0 aliphatic heterocycles. The fraction of sp³-hybridized carbons (Fsp3) is 0.636. The first-order valence-corrected chi connectivity index (χ1v) is 5.03. The predicted molar refractivity (Wildman–Crippen MR) is 53.8 cm³/mol. The average molecular weight is 189 g/mol. The molecule has 74 valence electrons. The molecule has 0 spiro atoms. The van der Waals surface area contributed by atoms with Crippen molar-refractivity contribution in [1.29, 1.82) is 5.26 Å². The van der Waals surface area contributed by atoms with Gasteiger partial charge in [-0.05, 0) is 33.1 Å². The van der Waals surface area contributed by atoms with E-state index in [1.165, 1.54) is 12.0 Å². The van der Waals surface area contributed by atoms with Crippen LogP contribution in [-0.2, 0) is 12.5 Å². The van der Waals surface area contributed by atoms with E-state index in [2.05, 4.69) is 11.2 Å². The lowest BCUT2D eigenvalue weighted by Gasteiger charge is -2.35. The van der Waals surface area contributed by atoms with Crippen LogP contribution in [0.1, 0.15) is 36.2 Å². The molecule has 2 rings (SSSR count). The standard InChI is InChI=1S/C11H15N3/c1-8-10(9(2)14(3)13-8)11(7-12)5-4-6-11/h4-6H2,1-3H3. The highest BCUT2D eigenvalue weighted by molar-refractivity contribution is 5.41. The van der Waals surface area contributed by atoms with Crippen molar-refractivity contribution in [3.63, 3.8) is 0 Å². The molecule has 0 radical (unpaired) electrons. The molecule has 1 saturated carbocycles. The van der Waals surface area contributed by atoms with Crippen LogP contribution in [0.3, 0.4) is 0 Å². The van der Waals surface area contributed by atoms with E-state index < -0.39 is 0 Å². The first kappa shape index (κ1) is 9.26. The number of aromatic nitrogens is 2. The molecule has 0 N–H and O–H groups in total. The Morgan fingerprint density at radius 2 is 2.07 bits per heavy atom. The maximum absolute atomic E-state index is 9.26. The molecule has 3 heteroatoms. The normalized spacial score (nSPS) is 18.7. The Morgan fingerprint density at radius 1 is 1.43 bits per heavy atom. The van der Waals surface area contributed by atoms with Crippen LogP contribution < -0.4 is 0 Å². The minimum atomic E-state index is -0.220. The molecule has 0 atom stereocenters. The highest BCUT2D eigenvalue weighted by atomic mass is 15.3. The van der Waals surface area contributed by atoms with Crippen LogP contribution in [0.2, 0.25) is 0 Å². The topological polar surface area (TPSA) is 41.6 Å². The van der Waals surface area contributed by atoms with E-state index in [4.69, 9.17) is 0 Å². The number of hydrogen-bond acceptors (Lipinski definition) is 2. The second-order valence-corrected chi connectivity index (χ2v) is 4.22. The fourth-order valence-corrected chi connectivity index (χ4v) is 2.41. The third-order valence-electron chi connectivity index (χ3n) is 3.41. The van der Waals surface area contributed by atoms with E-state index in [-0.39, 0.29) is 5.41 Å². The summed E-state index contributed by atoms with van der Waals surface area (Å²) in [6, 6.07) is 2.47. The summed E-state index contributed by atoms with van der Waals surface area (Å²) >= 11 is 0. The second kappa shape index (κ2) is 2.84. The molecule has 0 aromatic carbocycles. The summed E-state index contributed by atoms with van der Waals surface area (Å²) in [5, 5.41) is 13.6. The van der Waals surface area contributed by atoms with Gasteiger partial charge >= 0.3 is 0 Å². The maximum atomic E-state index is 9.26. The number of nitriles is 1. The van der Waals surface area contributed by atoms with E-state index in [1.807, 2.05) is 25.6 Å². The summed E-state index contributed by atoms with van der Waals surface area (Å²) in [5.74, 6) is 0. The van der Waals surface area contributed by atoms with Gasteiger partial charge in [-0.25, -0.2) is 0 Å². The maximum Gasteiger partial charge on any atom is 0.0858 e. The molecule has 14 heavy (non-hydrogen) atoms. The average Bonchev–Trinajstić information content (AvgIpc) is 2.31. The van der Waals surface area contributed by atoms with Gasteiger partial charge in [0.1, 0.15) is 0 Å². The van der Waals surface area contributed by atoms with E-state index >= 15 is 0 Å². The third kappa shape index (κ3) is 1.00. The van der Waals surface area contributed by atoms with Gasteiger partial charge in [-0.1, -0.05) is 0 Å². The summed E-state index contributed by atoms with van der Waals surface area (Å²) in [5.41, 5.74) is 3.12. The molecule has 0 bridgehead atoms. The Morgan fingerprint density at radius 3 is 2.36 bits per heavy atom. The molecule has 0 amide bonds. The Labute approximate surface area is 84.3 Å². The second-order valence-electron chi connectivity index (χ2n) is 4.22. The monoisotopic (exact) mass is 189 g/mol. The van der Waals surface area contributed by atoms with Crippen molar-refractivity contribution < 1.29 is 0 Å². The smallest absolute Gasteiger partial charge is 0.0858 e. The van der Waals surface area contributed by atoms with Crippen LogP contribution in [0.5, 0.6) is 0 Å². The van der Waals surface area contributed by atoms with E-state index in [9.17, 15) is 5.26 Å². The lowest BCUT2D eigenvalue weighted by atomic mass is 9.65. The molecule has 1 fully saturated rings. The highest BCUT2D eigenvalue weighted by Gasteiger charge is 2.42. The highest BCUT2D eigenvalue weighted by Crippen LogP contribution is 2.45. The molecule has 3 nitrogen and oxygen atoms in total. The van der Waals surface area contributed by atoms with Crippen LogP contribution in [-0.4, -0.2) is 9.78 Å². The number of rotatable bonds is 1. The lowest BCUT2D eigenvalue weighted by Crippen LogP contribution is -2.33. The van der Waals surface area contributed by atoms with Crippen LogP contribution in [0.15, 0.2) is 0 Å². The lowest BCUT2D eigenvalue weighted by molar-refractivity contribution is 0.321. The number of nitrogens with zero attached hydrogens (tertiary/aromatic N) is 3. The van der Waals surface area contributed by atoms with Gasteiger partial charge < -0.3 is 0 Å². The molecule has 1 aliphatic carbocycles. The van der Waals surface area contributed by atoms with Crippen molar-refractivity contribution in [3.05, 3.63) is 17.0 Å². The summed E-state index contributed by atoms with van der Waals surface area (Å²) < 4.78 is 1.88. The molecule has 0 saturated heterocycles. The number of aryl methyl sites for hydroxylation is 2. The van der Waals surface area contributed by atoms with Crippen molar-refractivity contribution in [2.75, 3.05) is 0 Å². The third-order valence-corrected chi connectivity index (χ3v) is 3.41. The largest absolute Gasteiger partial charge is 0.272 e. The molecular formula is C11H15N3. The van der Waals surface area contributed by atoms with Gasteiger partial charge in [0.15, 0.2) is 0 Å². The zero-order chi connectivity index (χ0) is 10.3. The van der Waals surface area contributed by atoms with E-state index in [1.54, 1.807) is 0 Å². The SMILES string of the molecule is Cc1nn(C)c(C)c1C1(C#N)CCC1. The molecule has 1 aromatic heterocycles. The summed E-state index contributed by atoms with van der Waals surface area (Å²) in [7, 11) is 1.94. The first-order chi connectivity index (χ1) is 6.60. The van der Waals surface area contributed by atoms with Crippen LogP contribution in [0.4, 0.5) is 0 Å². The Kier molecular flexibility index (Phi) is 1.88. The van der Waals surface area contributed by atoms with Crippen LogP contribution in [0, 0.1) is 25.2 Å². The van der Waals surface area contributed by atoms with Gasteiger partial charge in [0.2, 0.25) is 0 Å². The van der Waals surface area contributed by atoms with Crippen LogP contribution >= 0.6 is 0 Å². The van der Waals surface area contributed by atoms with Gasteiger partial charge in [-0.15, -0.1) is 0 Å². The minimum Gasteiger partial charge on any atom is -0.272 e. The Balaban J connectivity index is 2.56. The fourth-order valence-electron chi connectivity index (χ4n) is 2.41. The van der Waals surface area contributed by atoms with Gasteiger partial charge in [0.05, 0.1) is 17.2 Å². The molecular weight excluding hydrogens is 174 g/mol. The van der Waals surface area contributed by atoms with Crippen molar-refractivity contribution in [2.24, 2.45) is 7.05 Å². The van der Waals surface area contributed by atoms with Gasteiger partial charge in [0, 0.05) is 18.3 Å². The molecule has 1 heterocycles. The van der Waals surface area contributed by atoms with Crippen molar-refractivity contribution in [2.45, 2.75) is 38.5 Å². The summed E-state index contributed by atoms with van der Waals surface area (Å²) in [6.45, 7) is 4.05. The van der Waals surface area contributed by atoms with Gasteiger partial charge in [-0.2, -0.15) is 10.4 Å².